The number of rotatable bonds is 12. The maximum Gasteiger partial charge on any atom is 0.210 e. The number of benzene rings is 6. The number of fused-ring (bicyclic) bond motifs is 2. The van der Waals surface area contributed by atoms with Gasteiger partial charge < -0.3 is 13.9 Å². The van der Waals surface area contributed by atoms with Gasteiger partial charge in [-0.3, -0.25) is 0 Å². The zero-order chi connectivity index (χ0) is 46.6. The lowest BCUT2D eigenvalue weighted by molar-refractivity contribution is -0.404. The molecule has 0 fully saturated rings. The molecule has 0 bridgehead atoms. The minimum Gasteiger partial charge on any atom is -0.456 e. The van der Waals surface area contributed by atoms with E-state index in [0.29, 0.717) is 33.3 Å². The summed E-state index contributed by atoms with van der Waals surface area (Å²) in [5, 5.41) is 4.62. The first-order valence-corrected chi connectivity index (χ1v) is 23.5. The molecule has 5 aromatic carbocycles. The Morgan fingerprint density at radius 2 is 1.09 bits per heavy atom. The predicted molar refractivity (Wildman–Crippen MR) is 239 cm³/mol. The maximum absolute atomic E-state index is 14.8. The van der Waals surface area contributed by atoms with E-state index in [4.69, 9.17) is 4.42 Å². The number of anilines is 2. The Kier molecular flexibility index (Phi) is 12.7. The topological polar surface area (TPSA) is 122 Å². The van der Waals surface area contributed by atoms with Crippen LogP contribution in [0.5, 0.6) is 0 Å². The third kappa shape index (κ3) is 8.55. The second-order valence-electron chi connectivity index (χ2n) is 16.8. The SMILES string of the molecule is CC(C)c1cccc(C(C)C)c1Nc1ccc2c(-c3ccccc3S(=O)(=O)[N-]S(=O)(=O)c3c(F)c(F)c(F)c(F)c3F)c3ccc(=[NH+]c4c(C(C)C)cccc4C(C)C)cc-3oc2c1. The second-order valence-corrected chi connectivity index (χ2v) is 20.2. The zero-order valence-electron chi connectivity index (χ0n) is 36.2. The van der Waals surface area contributed by atoms with Gasteiger partial charge in [-0.2, -0.15) is 0 Å². The van der Waals surface area contributed by atoms with Crippen molar-refractivity contribution < 1.29 is 48.2 Å². The van der Waals surface area contributed by atoms with Crippen molar-refractivity contribution in [3.8, 4) is 22.5 Å². The van der Waals surface area contributed by atoms with Gasteiger partial charge in [0.05, 0.1) is 11.0 Å². The van der Waals surface area contributed by atoms with Gasteiger partial charge in [-0.1, -0.05) is 110 Å². The lowest BCUT2D eigenvalue weighted by atomic mass is 9.92. The molecule has 0 unspecified atom stereocenters. The van der Waals surface area contributed by atoms with Gasteiger partial charge in [0.1, 0.15) is 36.3 Å². The standard InChI is InChI=1S/C49H45F5N3O5S2/c1-25(2)31-14-11-15-32(26(3)4)47(31)55-29-19-21-35-38(23-29)62-39-24-30(56-48-33(27(5)6)16-12-17-34(48)28(7)8)20-22-36(39)41(35)37-13-9-10-18-40(37)63(58,59)57-64(60,61)49-45(53)43(51)42(50)44(52)46(49)54/h9-28,55H,1-8H3/q-1/p+1. The van der Waals surface area contributed by atoms with Crippen LogP contribution in [-0.2, 0) is 20.0 Å². The molecule has 5 aromatic rings. The first kappa shape index (κ1) is 46.1. The average Bonchev–Trinajstić information content (AvgIpc) is 3.23. The van der Waals surface area contributed by atoms with E-state index in [0.717, 1.165) is 39.7 Å². The number of nitrogens with zero attached hydrogens (tertiary/aromatic N) is 1. The largest absolute Gasteiger partial charge is 0.456 e. The third-order valence-corrected chi connectivity index (χ3v) is 14.4. The molecular weight excluding hydrogens is 870 g/mol. The summed E-state index contributed by atoms with van der Waals surface area (Å²) in [6.45, 7) is 16.8. The Morgan fingerprint density at radius 3 is 1.66 bits per heavy atom. The van der Waals surface area contributed by atoms with Crippen LogP contribution in [0.25, 0.3) is 37.5 Å². The van der Waals surface area contributed by atoms with E-state index in [2.05, 4.69) is 94.1 Å². The molecule has 1 aliphatic carbocycles. The van der Waals surface area contributed by atoms with Gasteiger partial charge in [0.2, 0.25) is 16.9 Å². The van der Waals surface area contributed by atoms with Crippen LogP contribution in [0.1, 0.15) is 101 Å². The van der Waals surface area contributed by atoms with Crippen LogP contribution in [0.2, 0.25) is 0 Å². The molecule has 0 saturated heterocycles. The molecule has 0 saturated carbocycles. The van der Waals surface area contributed by atoms with Crippen molar-refractivity contribution in [1.82, 2.24) is 0 Å². The highest BCUT2D eigenvalue weighted by atomic mass is 32.3. The smallest absolute Gasteiger partial charge is 0.210 e. The molecular formula is C49H46F5N3O5S2. The van der Waals surface area contributed by atoms with Gasteiger partial charge in [-0.05, 0) is 59.1 Å². The van der Waals surface area contributed by atoms with E-state index in [9.17, 15) is 38.8 Å². The first-order valence-electron chi connectivity index (χ1n) is 20.6. The highest BCUT2D eigenvalue weighted by Gasteiger charge is 2.32. The van der Waals surface area contributed by atoms with Gasteiger partial charge in [0, 0.05) is 56.7 Å². The Bertz CT molecular complexity index is 3160. The molecule has 0 radical (unpaired) electrons. The van der Waals surface area contributed by atoms with Gasteiger partial charge in [0.25, 0.3) is 0 Å². The lowest BCUT2D eigenvalue weighted by Gasteiger charge is -2.25. The summed E-state index contributed by atoms with van der Waals surface area (Å²) in [4.78, 5) is 0.451. The van der Waals surface area contributed by atoms with E-state index >= 15 is 0 Å². The monoisotopic (exact) mass is 915 g/mol. The number of para-hydroxylation sites is 2. The van der Waals surface area contributed by atoms with Crippen LogP contribution in [-0.4, -0.2) is 16.8 Å². The molecule has 8 nitrogen and oxygen atoms in total. The van der Waals surface area contributed by atoms with E-state index in [-0.39, 0.29) is 34.8 Å². The highest BCUT2D eigenvalue weighted by molar-refractivity contribution is 8.12. The van der Waals surface area contributed by atoms with Crippen molar-refractivity contribution in [1.29, 1.82) is 0 Å². The van der Waals surface area contributed by atoms with Gasteiger partial charge in [-0.25, -0.2) is 43.8 Å². The molecule has 1 aliphatic heterocycles. The predicted octanol–water partition coefficient (Wildman–Crippen LogP) is 11.9. The normalized spacial score (nSPS) is 12.8. The van der Waals surface area contributed by atoms with E-state index < -0.39 is 58.9 Å². The van der Waals surface area contributed by atoms with E-state index in [1.54, 1.807) is 36.4 Å². The van der Waals surface area contributed by atoms with Crippen LogP contribution in [0.3, 0.4) is 0 Å². The molecule has 0 aromatic heterocycles. The molecule has 0 spiro atoms. The van der Waals surface area contributed by atoms with Crippen molar-refractivity contribution in [2.45, 2.75) is 88.9 Å². The fourth-order valence-corrected chi connectivity index (χ4v) is 10.9. The van der Waals surface area contributed by atoms with Crippen LogP contribution in [0.15, 0.2) is 111 Å². The fraction of sp³-hybridized carbons (Fsp3) is 0.245. The molecule has 15 heteroatoms. The van der Waals surface area contributed by atoms with E-state index in [1.807, 2.05) is 12.1 Å². The number of hydrogen-bond acceptors (Lipinski definition) is 6. The van der Waals surface area contributed by atoms with Crippen LogP contribution < -0.4 is 15.7 Å². The summed E-state index contributed by atoms with van der Waals surface area (Å²) in [6.07, 6.45) is 0. The Labute approximate surface area is 369 Å². The quantitative estimate of drug-likeness (QED) is 0.0545. The van der Waals surface area contributed by atoms with Gasteiger partial charge in [-0.15, -0.1) is 0 Å². The van der Waals surface area contributed by atoms with Crippen molar-refractivity contribution in [2.75, 3.05) is 5.32 Å². The molecule has 64 heavy (non-hydrogen) atoms. The molecule has 334 valence electrons. The molecule has 0 amide bonds. The summed E-state index contributed by atoms with van der Waals surface area (Å²) in [7, 11) is -11.6. The van der Waals surface area contributed by atoms with Crippen molar-refractivity contribution in [3.05, 3.63) is 158 Å². The molecule has 0 atom stereocenters. The number of nitrogens with one attached hydrogen (secondary N) is 2. The van der Waals surface area contributed by atoms with E-state index in [1.165, 1.54) is 18.2 Å². The maximum atomic E-state index is 14.8. The Balaban J connectivity index is 1.48. The third-order valence-electron chi connectivity index (χ3n) is 11.1. The fourth-order valence-electron chi connectivity index (χ4n) is 7.93. The lowest BCUT2D eigenvalue weighted by Crippen LogP contribution is -2.71. The summed E-state index contributed by atoms with van der Waals surface area (Å²) in [5.74, 6) is -12.3. The van der Waals surface area contributed by atoms with Gasteiger partial charge in [0.15, 0.2) is 23.3 Å². The summed E-state index contributed by atoms with van der Waals surface area (Å²) < 4.78 is 136. The number of halogens is 5. The number of hydrogen-bond donors (Lipinski definition) is 2. The van der Waals surface area contributed by atoms with Crippen molar-refractivity contribution in [2.24, 2.45) is 0 Å². The molecule has 7 rings (SSSR count). The van der Waals surface area contributed by atoms with Crippen molar-refractivity contribution in [3.63, 3.8) is 0 Å². The average molecular weight is 916 g/mol. The van der Waals surface area contributed by atoms with Crippen LogP contribution >= 0.6 is 0 Å². The molecule has 2 N–H and O–H groups in total. The van der Waals surface area contributed by atoms with Crippen LogP contribution in [0, 0.1) is 29.1 Å². The first-order chi connectivity index (χ1) is 30.1. The second kappa shape index (κ2) is 17.6. The number of sulfonamides is 2. The molecule has 2 aliphatic rings. The summed E-state index contributed by atoms with van der Waals surface area (Å²) in [5.41, 5.74) is 7.69. The zero-order valence-corrected chi connectivity index (χ0v) is 37.9. The van der Waals surface area contributed by atoms with Crippen LogP contribution in [0.4, 0.5) is 39.0 Å². The summed E-state index contributed by atoms with van der Waals surface area (Å²) >= 11 is 0. The molecule has 1 heterocycles. The Hall–Kier alpha value is -5.90. The Morgan fingerprint density at radius 1 is 0.562 bits per heavy atom. The minimum atomic E-state index is -6.08. The summed E-state index contributed by atoms with van der Waals surface area (Å²) in [6, 6.07) is 28.0. The van der Waals surface area contributed by atoms with Gasteiger partial charge >= 0.3 is 0 Å². The minimum absolute atomic E-state index is 0.0921. The highest BCUT2D eigenvalue weighted by Crippen LogP contribution is 2.45. The van der Waals surface area contributed by atoms with Crippen molar-refractivity contribution >= 4 is 48.1 Å².